The van der Waals surface area contributed by atoms with E-state index in [1.54, 1.807) is 7.11 Å². The second-order valence-electron chi connectivity index (χ2n) is 3.30. The normalized spacial score (nSPS) is 21.0. The molecule has 0 spiro atoms. The van der Waals surface area contributed by atoms with Crippen LogP contribution in [0.5, 0.6) is 0 Å². The lowest BCUT2D eigenvalue weighted by atomic mass is 10.2. The number of hydrogen-bond acceptors (Lipinski definition) is 2. The summed E-state index contributed by atoms with van der Waals surface area (Å²) in [6.45, 7) is 2.91. The van der Waals surface area contributed by atoms with Crippen LogP contribution >= 0.6 is 0 Å². The van der Waals surface area contributed by atoms with Gasteiger partial charge in [-0.25, -0.2) is 0 Å². The highest BCUT2D eigenvalue weighted by atomic mass is 16.5. The van der Waals surface area contributed by atoms with Crippen LogP contribution in [0.3, 0.4) is 0 Å². The summed E-state index contributed by atoms with van der Waals surface area (Å²) in [6, 6.07) is 0. The first-order valence-electron chi connectivity index (χ1n) is 4.62. The predicted octanol–water partition coefficient (Wildman–Crippen LogP) is 1.18. The van der Waals surface area contributed by atoms with Crippen molar-refractivity contribution >= 4 is 5.84 Å². The van der Waals surface area contributed by atoms with E-state index >= 15 is 0 Å². The molecule has 1 aliphatic carbocycles. The number of nitrogens with two attached hydrogens (primary N) is 1. The van der Waals surface area contributed by atoms with Crippen molar-refractivity contribution < 1.29 is 4.74 Å². The summed E-state index contributed by atoms with van der Waals surface area (Å²) in [4.78, 5) is 4.24. The van der Waals surface area contributed by atoms with Gasteiger partial charge in [-0.2, -0.15) is 0 Å². The van der Waals surface area contributed by atoms with Gasteiger partial charge < -0.3 is 10.5 Å². The van der Waals surface area contributed by atoms with E-state index in [2.05, 4.69) is 11.9 Å². The number of hydrogen-bond donors (Lipinski definition) is 1. The summed E-state index contributed by atoms with van der Waals surface area (Å²) in [5.74, 6) is 1.32. The van der Waals surface area contributed by atoms with E-state index in [9.17, 15) is 0 Å². The van der Waals surface area contributed by atoms with Crippen molar-refractivity contribution in [2.75, 3.05) is 13.7 Å². The molecule has 1 aliphatic rings. The standard InChI is InChI=1S/C9H18N2O/c1-3-6-11-9(10)8(12-2)7-4-5-7/h7-8H,3-6H2,1-2H3,(H2,10,11). The first-order valence-corrected chi connectivity index (χ1v) is 4.62. The van der Waals surface area contributed by atoms with Gasteiger partial charge in [-0.05, 0) is 25.2 Å². The highest BCUT2D eigenvalue weighted by Crippen LogP contribution is 2.34. The number of methoxy groups -OCH3 is 1. The molecule has 1 unspecified atom stereocenters. The molecule has 0 aromatic rings. The van der Waals surface area contributed by atoms with E-state index in [0.29, 0.717) is 11.8 Å². The second-order valence-corrected chi connectivity index (χ2v) is 3.30. The number of rotatable bonds is 5. The molecule has 70 valence electrons. The Morgan fingerprint density at radius 2 is 2.33 bits per heavy atom. The topological polar surface area (TPSA) is 47.6 Å². The van der Waals surface area contributed by atoms with Gasteiger partial charge in [0.05, 0.1) is 0 Å². The lowest BCUT2D eigenvalue weighted by Gasteiger charge is -2.13. The highest BCUT2D eigenvalue weighted by Gasteiger charge is 2.33. The summed E-state index contributed by atoms with van der Waals surface area (Å²) in [5.41, 5.74) is 5.78. The van der Waals surface area contributed by atoms with Gasteiger partial charge in [0, 0.05) is 13.7 Å². The maximum absolute atomic E-state index is 5.78. The SMILES string of the molecule is CCCN=C(N)C(OC)C1CC1. The summed E-state index contributed by atoms with van der Waals surface area (Å²) in [5, 5.41) is 0. The Hall–Kier alpha value is -0.570. The molecule has 1 atom stereocenters. The van der Waals surface area contributed by atoms with Crippen molar-refractivity contribution in [3.05, 3.63) is 0 Å². The molecule has 0 amide bonds. The molecule has 1 fully saturated rings. The molecule has 1 saturated carbocycles. The Morgan fingerprint density at radius 1 is 1.67 bits per heavy atom. The maximum Gasteiger partial charge on any atom is 0.123 e. The van der Waals surface area contributed by atoms with Gasteiger partial charge >= 0.3 is 0 Å². The van der Waals surface area contributed by atoms with Gasteiger partial charge in [-0.1, -0.05) is 6.92 Å². The van der Waals surface area contributed by atoms with E-state index < -0.39 is 0 Å². The molecule has 3 nitrogen and oxygen atoms in total. The third-order valence-electron chi connectivity index (χ3n) is 2.11. The number of nitrogens with zero attached hydrogens (tertiary/aromatic N) is 1. The van der Waals surface area contributed by atoms with Crippen molar-refractivity contribution in [3.8, 4) is 0 Å². The van der Waals surface area contributed by atoms with Gasteiger partial charge in [0.2, 0.25) is 0 Å². The van der Waals surface area contributed by atoms with Crippen molar-refractivity contribution in [3.63, 3.8) is 0 Å². The van der Waals surface area contributed by atoms with E-state index in [0.717, 1.165) is 13.0 Å². The minimum Gasteiger partial charge on any atom is -0.385 e. The molecule has 1 rings (SSSR count). The first-order chi connectivity index (χ1) is 5.79. The molecule has 0 aromatic heterocycles. The summed E-state index contributed by atoms with van der Waals surface area (Å²) < 4.78 is 5.28. The van der Waals surface area contributed by atoms with Crippen LogP contribution in [0.15, 0.2) is 4.99 Å². The van der Waals surface area contributed by atoms with Crippen molar-refractivity contribution in [1.82, 2.24) is 0 Å². The van der Waals surface area contributed by atoms with Crippen molar-refractivity contribution in [2.24, 2.45) is 16.6 Å². The fraction of sp³-hybridized carbons (Fsp3) is 0.889. The fourth-order valence-electron chi connectivity index (χ4n) is 1.28. The number of ether oxygens (including phenoxy) is 1. The minimum absolute atomic E-state index is 0.0801. The number of amidine groups is 1. The molecule has 0 aliphatic heterocycles. The van der Waals surface area contributed by atoms with Gasteiger partial charge in [0.15, 0.2) is 0 Å². The minimum atomic E-state index is 0.0801. The monoisotopic (exact) mass is 170 g/mol. The molecular formula is C9H18N2O. The average molecular weight is 170 g/mol. The molecule has 0 saturated heterocycles. The van der Waals surface area contributed by atoms with Crippen LogP contribution < -0.4 is 5.73 Å². The summed E-state index contributed by atoms with van der Waals surface area (Å²) in [7, 11) is 1.71. The Balaban J connectivity index is 2.40. The van der Waals surface area contributed by atoms with Crippen LogP contribution in [-0.4, -0.2) is 25.6 Å². The average Bonchev–Trinajstić information content (AvgIpc) is 2.86. The quantitative estimate of drug-likeness (QED) is 0.497. The molecule has 0 aromatic carbocycles. The van der Waals surface area contributed by atoms with Crippen LogP contribution in [0, 0.1) is 5.92 Å². The predicted molar refractivity (Wildman–Crippen MR) is 50.3 cm³/mol. The Kier molecular flexibility index (Phi) is 3.53. The third kappa shape index (κ3) is 2.48. The summed E-state index contributed by atoms with van der Waals surface area (Å²) in [6.07, 6.45) is 3.60. The van der Waals surface area contributed by atoms with Crippen molar-refractivity contribution in [1.29, 1.82) is 0 Å². The van der Waals surface area contributed by atoms with Gasteiger partial charge in [0.1, 0.15) is 11.9 Å². The van der Waals surface area contributed by atoms with Crippen LogP contribution in [0.25, 0.3) is 0 Å². The molecule has 3 heteroatoms. The van der Waals surface area contributed by atoms with Crippen LogP contribution in [0.4, 0.5) is 0 Å². The van der Waals surface area contributed by atoms with Gasteiger partial charge in [-0.3, -0.25) is 4.99 Å². The Morgan fingerprint density at radius 3 is 2.75 bits per heavy atom. The molecule has 0 heterocycles. The van der Waals surface area contributed by atoms with E-state index in [1.807, 2.05) is 0 Å². The number of aliphatic imine (C=N–C) groups is 1. The van der Waals surface area contributed by atoms with E-state index in [1.165, 1.54) is 12.8 Å². The first kappa shape index (κ1) is 9.52. The largest absolute Gasteiger partial charge is 0.385 e. The molecule has 0 radical (unpaired) electrons. The van der Waals surface area contributed by atoms with Gasteiger partial charge in [-0.15, -0.1) is 0 Å². The van der Waals surface area contributed by atoms with E-state index in [4.69, 9.17) is 10.5 Å². The van der Waals surface area contributed by atoms with Gasteiger partial charge in [0.25, 0.3) is 0 Å². The Labute approximate surface area is 74.0 Å². The molecule has 0 bridgehead atoms. The molecule has 12 heavy (non-hydrogen) atoms. The molecular weight excluding hydrogens is 152 g/mol. The zero-order valence-electron chi connectivity index (χ0n) is 7.92. The van der Waals surface area contributed by atoms with Crippen LogP contribution in [0.1, 0.15) is 26.2 Å². The zero-order chi connectivity index (χ0) is 8.97. The lowest BCUT2D eigenvalue weighted by Crippen LogP contribution is -2.32. The third-order valence-corrected chi connectivity index (χ3v) is 2.11. The zero-order valence-corrected chi connectivity index (χ0v) is 7.92. The highest BCUT2D eigenvalue weighted by molar-refractivity contribution is 5.85. The lowest BCUT2D eigenvalue weighted by molar-refractivity contribution is 0.137. The van der Waals surface area contributed by atoms with Crippen LogP contribution in [-0.2, 0) is 4.74 Å². The molecule has 2 N–H and O–H groups in total. The van der Waals surface area contributed by atoms with Crippen molar-refractivity contribution in [2.45, 2.75) is 32.3 Å². The van der Waals surface area contributed by atoms with Crippen LogP contribution in [0.2, 0.25) is 0 Å². The smallest absolute Gasteiger partial charge is 0.123 e. The maximum atomic E-state index is 5.78. The fourth-order valence-corrected chi connectivity index (χ4v) is 1.28. The van der Waals surface area contributed by atoms with E-state index in [-0.39, 0.29) is 6.10 Å². The Bertz CT molecular complexity index is 164. The second kappa shape index (κ2) is 4.45. The summed E-state index contributed by atoms with van der Waals surface area (Å²) >= 11 is 0.